The number of benzene rings is 1. The van der Waals surface area contributed by atoms with Crippen LogP contribution >= 0.6 is 0 Å². The van der Waals surface area contributed by atoms with Crippen molar-refractivity contribution in [3.8, 4) is 22.5 Å². The Morgan fingerprint density at radius 3 is 2.87 bits per heavy atom. The third-order valence-corrected chi connectivity index (χ3v) is 5.50. The van der Waals surface area contributed by atoms with Crippen molar-refractivity contribution in [3.05, 3.63) is 54.7 Å². The zero-order chi connectivity index (χ0) is 20.7. The summed E-state index contributed by atoms with van der Waals surface area (Å²) in [6.07, 6.45) is 6.30. The summed E-state index contributed by atoms with van der Waals surface area (Å²) in [5.74, 6) is 1.01. The first-order chi connectivity index (χ1) is 14.6. The van der Waals surface area contributed by atoms with Gasteiger partial charge in [-0.05, 0) is 36.2 Å². The highest BCUT2D eigenvalue weighted by atomic mass is 19.1. The van der Waals surface area contributed by atoms with Crippen LogP contribution in [-0.4, -0.2) is 46.1 Å². The van der Waals surface area contributed by atoms with Crippen molar-refractivity contribution in [1.82, 2.24) is 19.9 Å². The number of hydrogen-bond donors (Lipinski definition) is 3. The molecule has 0 aliphatic carbocycles. The fourth-order valence-corrected chi connectivity index (χ4v) is 4.03. The second-order valence-corrected chi connectivity index (χ2v) is 7.48. The summed E-state index contributed by atoms with van der Waals surface area (Å²) in [4.78, 5) is 18.9. The SMILES string of the molecule is CNc1cc(-c2cncc(-c3nc4c(F)cccc4[nH]3)c2N2CC[C@H](N)C2)ccn1. The molecule has 0 amide bonds. The van der Waals surface area contributed by atoms with E-state index in [0.29, 0.717) is 16.9 Å². The first-order valence-corrected chi connectivity index (χ1v) is 9.91. The number of imidazole rings is 1. The van der Waals surface area contributed by atoms with Crippen LogP contribution < -0.4 is 16.0 Å². The molecule has 3 aromatic heterocycles. The summed E-state index contributed by atoms with van der Waals surface area (Å²) in [5.41, 5.74) is 11.0. The Kier molecular flexibility index (Phi) is 4.55. The summed E-state index contributed by atoms with van der Waals surface area (Å²) in [6, 6.07) is 8.96. The fraction of sp³-hybridized carbons (Fsp3) is 0.227. The molecule has 0 spiro atoms. The van der Waals surface area contributed by atoms with Crippen LogP contribution in [0.5, 0.6) is 0 Å². The number of pyridine rings is 2. The molecule has 152 valence electrons. The molecule has 1 aliphatic heterocycles. The van der Waals surface area contributed by atoms with Crippen LogP contribution in [0.3, 0.4) is 0 Å². The number of aromatic amines is 1. The predicted molar refractivity (Wildman–Crippen MR) is 117 cm³/mol. The normalized spacial score (nSPS) is 16.4. The highest BCUT2D eigenvalue weighted by Crippen LogP contribution is 2.40. The average Bonchev–Trinajstić information content (AvgIpc) is 3.40. The van der Waals surface area contributed by atoms with Crippen molar-refractivity contribution in [2.24, 2.45) is 5.73 Å². The number of rotatable bonds is 4. The van der Waals surface area contributed by atoms with Crippen molar-refractivity contribution in [2.75, 3.05) is 30.4 Å². The van der Waals surface area contributed by atoms with Gasteiger partial charge in [-0.1, -0.05) is 6.07 Å². The zero-order valence-electron chi connectivity index (χ0n) is 16.6. The van der Waals surface area contributed by atoms with Gasteiger partial charge in [0.1, 0.15) is 17.2 Å². The lowest BCUT2D eigenvalue weighted by atomic mass is 10.0. The number of nitrogens with zero attached hydrogens (tertiary/aromatic N) is 4. The lowest BCUT2D eigenvalue weighted by molar-refractivity contribution is 0.637. The minimum Gasteiger partial charge on any atom is -0.373 e. The van der Waals surface area contributed by atoms with E-state index in [9.17, 15) is 4.39 Å². The van der Waals surface area contributed by atoms with E-state index < -0.39 is 0 Å². The van der Waals surface area contributed by atoms with E-state index in [1.54, 1.807) is 18.5 Å². The van der Waals surface area contributed by atoms with Crippen molar-refractivity contribution in [2.45, 2.75) is 12.5 Å². The van der Waals surface area contributed by atoms with Crippen molar-refractivity contribution in [3.63, 3.8) is 0 Å². The van der Waals surface area contributed by atoms with Gasteiger partial charge in [-0.3, -0.25) is 4.98 Å². The van der Waals surface area contributed by atoms with Gasteiger partial charge in [0.05, 0.1) is 16.8 Å². The number of fused-ring (bicyclic) bond motifs is 1. The Balaban J connectivity index is 1.73. The van der Waals surface area contributed by atoms with Crippen molar-refractivity contribution < 1.29 is 4.39 Å². The van der Waals surface area contributed by atoms with Gasteiger partial charge in [0, 0.05) is 50.3 Å². The lowest BCUT2D eigenvalue weighted by Crippen LogP contribution is -2.27. The number of H-pyrrole nitrogens is 1. The molecule has 1 aromatic carbocycles. The first-order valence-electron chi connectivity index (χ1n) is 9.91. The summed E-state index contributed by atoms with van der Waals surface area (Å²) < 4.78 is 14.3. The molecular weight excluding hydrogens is 381 g/mol. The molecule has 0 saturated carbocycles. The maximum Gasteiger partial charge on any atom is 0.151 e. The Morgan fingerprint density at radius 1 is 1.23 bits per heavy atom. The predicted octanol–water partition coefficient (Wildman–Crippen LogP) is 3.41. The van der Waals surface area contributed by atoms with Crippen LogP contribution in [-0.2, 0) is 0 Å². The monoisotopic (exact) mass is 403 g/mol. The zero-order valence-corrected chi connectivity index (χ0v) is 16.6. The molecule has 8 heteroatoms. The smallest absolute Gasteiger partial charge is 0.151 e. The standard InChI is InChI=1S/C22H22FN7/c1-25-19-9-13(5-7-27-19)15-10-26-11-16(21(15)30-8-6-14(24)12-30)22-28-18-4-2-3-17(23)20(18)29-22/h2-5,7,9-11,14H,6,8,12,24H2,1H3,(H,25,27)(H,28,29)/t14-/m0/s1. The van der Waals surface area contributed by atoms with E-state index in [1.165, 1.54) is 6.07 Å². The topological polar surface area (TPSA) is 95.8 Å². The van der Waals surface area contributed by atoms with E-state index >= 15 is 0 Å². The van der Waals surface area contributed by atoms with Gasteiger partial charge in [-0.2, -0.15) is 0 Å². The molecule has 0 radical (unpaired) electrons. The van der Waals surface area contributed by atoms with Gasteiger partial charge in [-0.15, -0.1) is 0 Å². The molecular formula is C22H22FN7. The molecule has 4 aromatic rings. The Labute approximate surface area is 173 Å². The van der Waals surface area contributed by atoms with Crippen LogP contribution in [0.4, 0.5) is 15.9 Å². The number of hydrogen-bond acceptors (Lipinski definition) is 6. The fourth-order valence-electron chi connectivity index (χ4n) is 4.03. The average molecular weight is 403 g/mol. The summed E-state index contributed by atoms with van der Waals surface area (Å²) in [6.45, 7) is 1.58. The molecule has 4 heterocycles. The molecule has 30 heavy (non-hydrogen) atoms. The molecule has 4 N–H and O–H groups in total. The Bertz CT molecular complexity index is 1220. The number of nitrogens with two attached hydrogens (primary N) is 1. The van der Waals surface area contributed by atoms with Crippen LogP contribution in [0.25, 0.3) is 33.5 Å². The largest absolute Gasteiger partial charge is 0.373 e. The van der Waals surface area contributed by atoms with E-state index in [1.807, 2.05) is 31.4 Å². The van der Waals surface area contributed by atoms with Gasteiger partial charge in [0.2, 0.25) is 0 Å². The van der Waals surface area contributed by atoms with E-state index in [4.69, 9.17) is 5.73 Å². The summed E-state index contributed by atoms with van der Waals surface area (Å²) in [7, 11) is 1.84. The van der Waals surface area contributed by atoms with Gasteiger partial charge in [-0.25, -0.2) is 14.4 Å². The Hall–Kier alpha value is -3.52. The van der Waals surface area contributed by atoms with E-state index in [2.05, 4.69) is 30.2 Å². The minimum absolute atomic E-state index is 0.109. The van der Waals surface area contributed by atoms with E-state index in [-0.39, 0.29) is 11.9 Å². The number of nitrogens with one attached hydrogen (secondary N) is 2. The van der Waals surface area contributed by atoms with Gasteiger partial charge >= 0.3 is 0 Å². The number of aromatic nitrogens is 4. The van der Waals surface area contributed by atoms with Crippen LogP contribution in [0.2, 0.25) is 0 Å². The highest BCUT2D eigenvalue weighted by molar-refractivity contribution is 5.91. The molecule has 1 aliphatic rings. The number of halogens is 1. The highest BCUT2D eigenvalue weighted by Gasteiger charge is 2.26. The molecule has 1 saturated heterocycles. The van der Waals surface area contributed by atoms with E-state index in [0.717, 1.165) is 47.7 Å². The molecule has 1 fully saturated rings. The summed E-state index contributed by atoms with van der Waals surface area (Å²) >= 11 is 0. The maximum atomic E-state index is 14.3. The van der Waals surface area contributed by atoms with Gasteiger partial charge in [0.25, 0.3) is 0 Å². The molecule has 0 bridgehead atoms. The number of para-hydroxylation sites is 1. The second-order valence-electron chi connectivity index (χ2n) is 7.48. The van der Waals surface area contributed by atoms with Crippen molar-refractivity contribution in [1.29, 1.82) is 0 Å². The molecule has 1 atom stereocenters. The first kappa shape index (κ1) is 18.5. The number of anilines is 2. The van der Waals surface area contributed by atoms with Crippen LogP contribution in [0.1, 0.15) is 6.42 Å². The third kappa shape index (κ3) is 3.15. The third-order valence-electron chi connectivity index (χ3n) is 5.50. The molecule has 0 unspecified atom stereocenters. The minimum atomic E-state index is -0.350. The molecule has 7 nitrogen and oxygen atoms in total. The van der Waals surface area contributed by atoms with Crippen molar-refractivity contribution >= 4 is 22.5 Å². The second kappa shape index (κ2) is 7.38. The van der Waals surface area contributed by atoms with Crippen LogP contribution in [0.15, 0.2) is 48.9 Å². The summed E-state index contributed by atoms with van der Waals surface area (Å²) in [5, 5.41) is 3.08. The van der Waals surface area contributed by atoms with Gasteiger partial charge < -0.3 is 20.9 Å². The molecule has 5 rings (SSSR count). The van der Waals surface area contributed by atoms with Crippen LogP contribution in [0, 0.1) is 5.82 Å². The quantitative estimate of drug-likeness (QED) is 0.483. The van der Waals surface area contributed by atoms with Gasteiger partial charge in [0.15, 0.2) is 5.82 Å². The lowest BCUT2D eigenvalue weighted by Gasteiger charge is -2.24. The maximum absolute atomic E-state index is 14.3. The Morgan fingerprint density at radius 2 is 2.10 bits per heavy atom.